The number of amides is 2. The van der Waals surface area contributed by atoms with E-state index < -0.39 is 0 Å². The van der Waals surface area contributed by atoms with Gasteiger partial charge in [-0.25, -0.2) is 0 Å². The molecule has 1 unspecified atom stereocenters. The van der Waals surface area contributed by atoms with Crippen LogP contribution in [0.1, 0.15) is 33.6 Å². The molecule has 1 saturated heterocycles. The molecule has 1 heterocycles. The monoisotopic (exact) mass is 271 g/mol. The fourth-order valence-corrected chi connectivity index (χ4v) is 2.09. The highest BCUT2D eigenvalue weighted by Gasteiger charge is 2.39. The lowest BCUT2D eigenvalue weighted by Crippen LogP contribution is -2.34. The zero-order valence-electron chi connectivity index (χ0n) is 12.2. The van der Waals surface area contributed by atoms with Gasteiger partial charge in [0.25, 0.3) is 0 Å². The molecule has 110 valence electrons. The molecule has 0 N–H and O–H groups in total. The standard InChI is InChI=1S/C14H25NO4/c1-4-6-18-8-9-19-7-5-15-13(16)10-12(11(2)3)14(15)17/h11-12H,4-10H2,1-3H3. The number of ether oxygens (including phenoxy) is 2. The summed E-state index contributed by atoms with van der Waals surface area (Å²) in [6.45, 7) is 8.54. The summed E-state index contributed by atoms with van der Waals surface area (Å²) < 4.78 is 10.6. The number of carbonyl (C=O) groups is 2. The average molecular weight is 271 g/mol. The Labute approximate surface area is 115 Å². The van der Waals surface area contributed by atoms with E-state index in [1.165, 1.54) is 4.90 Å². The van der Waals surface area contributed by atoms with Gasteiger partial charge in [0.15, 0.2) is 0 Å². The molecule has 0 radical (unpaired) electrons. The Kier molecular flexibility index (Phi) is 7.02. The minimum Gasteiger partial charge on any atom is -0.379 e. The first kappa shape index (κ1) is 16.1. The first-order chi connectivity index (χ1) is 9.07. The van der Waals surface area contributed by atoms with Crippen molar-refractivity contribution in [3.63, 3.8) is 0 Å². The Morgan fingerprint density at radius 1 is 1.16 bits per heavy atom. The summed E-state index contributed by atoms with van der Waals surface area (Å²) in [5.74, 6) is -0.0643. The predicted molar refractivity (Wildman–Crippen MR) is 71.6 cm³/mol. The Balaban J connectivity index is 2.19. The normalized spacial score (nSPS) is 19.8. The molecular weight excluding hydrogens is 246 g/mol. The van der Waals surface area contributed by atoms with E-state index in [2.05, 4.69) is 6.92 Å². The number of likely N-dealkylation sites (tertiary alicyclic amines) is 1. The Hall–Kier alpha value is -0.940. The zero-order valence-corrected chi connectivity index (χ0v) is 12.2. The number of imide groups is 1. The lowest BCUT2D eigenvalue weighted by Gasteiger charge is -2.16. The number of nitrogens with zero attached hydrogens (tertiary/aromatic N) is 1. The summed E-state index contributed by atoms with van der Waals surface area (Å²) in [5.41, 5.74) is 0. The first-order valence-electron chi connectivity index (χ1n) is 7.07. The highest BCUT2D eigenvalue weighted by Crippen LogP contribution is 2.25. The molecule has 1 fully saturated rings. The summed E-state index contributed by atoms with van der Waals surface area (Å²) in [4.78, 5) is 25.0. The van der Waals surface area contributed by atoms with Gasteiger partial charge in [-0.3, -0.25) is 14.5 Å². The van der Waals surface area contributed by atoms with Crippen LogP contribution in [0.2, 0.25) is 0 Å². The molecule has 1 aliphatic heterocycles. The summed E-state index contributed by atoms with van der Waals surface area (Å²) in [6, 6.07) is 0. The largest absolute Gasteiger partial charge is 0.379 e. The maximum absolute atomic E-state index is 12.0. The van der Waals surface area contributed by atoms with Crippen molar-refractivity contribution in [1.29, 1.82) is 0 Å². The van der Waals surface area contributed by atoms with Crippen molar-refractivity contribution in [2.45, 2.75) is 33.6 Å². The van der Waals surface area contributed by atoms with E-state index in [4.69, 9.17) is 9.47 Å². The Morgan fingerprint density at radius 3 is 2.32 bits per heavy atom. The second-order valence-electron chi connectivity index (χ2n) is 5.16. The Morgan fingerprint density at radius 2 is 1.79 bits per heavy atom. The van der Waals surface area contributed by atoms with Gasteiger partial charge in [0.1, 0.15) is 0 Å². The lowest BCUT2D eigenvalue weighted by atomic mass is 9.94. The Bertz CT molecular complexity index is 304. The molecule has 2 amide bonds. The zero-order chi connectivity index (χ0) is 14.3. The van der Waals surface area contributed by atoms with Crippen molar-refractivity contribution in [2.75, 3.05) is 33.0 Å². The number of hydrogen-bond acceptors (Lipinski definition) is 4. The van der Waals surface area contributed by atoms with E-state index in [0.717, 1.165) is 13.0 Å². The smallest absolute Gasteiger partial charge is 0.233 e. The number of rotatable bonds is 9. The van der Waals surface area contributed by atoms with Crippen molar-refractivity contribution in [3.05, 3.63) is 0 Å². The topological polar surface area (TPSA) is 55.8 Å². The molecule has 0 aliphatic carbocycles. The van der Waals surface area contributed by atoms with Crippen molar-refractivity contribution >= 4 is 11.8 Å². The van der Waals surface area contributed by atoms with Crippen LogP contribution in [0.4, 0.5) is 0 Å². The molecule has 0 aromatic carbocycles. The average Bonchev–Trinajstić information content (AvgIpc) is 2.65. The van der Waals surface area contributed by atoms with E-state index in [1.807, 2.05) is 13.8 Å². The van der Waals surface area contributed by atoms with Crippen LogP contribution < -0.4 is 0 Å². The molecule has 1 atom stereocenters. The summed E-state index contributed by atoms with van der Waals surface area (Å²) >= 11 is 0. The molecule has 0 aromatic rings. The molecule has 5 heteroatoms. The summed E-state index contributed by atoms with van der Waals surface area (Å²) in [6.07, 6.45) is 1.34. The number of carbonyl (C=O) groups excluding carboxylic acids is 2. The molecule has 0 bridgehead atoms. The third-order valence-electron chi connectivity index (χ3n) is 3.26. The SMILES string of the molecule is CCCOCCOCCN1C(=O)CC(C(C)C)C1=O. The predicted octanol–water partition coefficient (Wildman–Crippen LogP) is 1.46. The van der Waals surface area contributed by atoms with Crippen molar-refractivity contribution in [3.8, 4) is 0 Å². The summed E-state index contributed by atoms with van der Waals surface area (Å²) in [5, 5.41) is 0. The highest BCUT2D eigenvalue weighted by atomic mass is 16.5. The second-order valence-corrected chi connectivity index (χ2v) is 5.16. The van der Waals surface area contributed by atoms with Crippen molar-refractivity contribution in [1.82, 2.24) is 4.90 Å². The molecule has 1 rings (SSSR count). The molecule has 1 aliphatic rings. The quantitative estimate of drug-likeness (QED) is 0.470. The van der Waals surface area contributed by atoms with Crippen LogP contribution in [0.25, 0.3) is 0 Å². The van der Waals surface area contributed by atoms with Gasteiger partial charge < -0.3 is 9.47 Å². The van der Waals surface area contributed by atoms with Crippen LogP contribution in [0, 0.1) is 11.8 Å². The van der Waals surface area contributed by atoms with E-state index in [0.29, 0.717) is 32.8 Å². The van der Waals surface area contributed by atoms with E-state index >= 15 is 0 Å². The maximum atomic E-state index is 12.0. The van der Waals surface area contributed by atoms with Crippen LogP contribution >= 0.6 is 0 Å². The molecule has 5 nitrogen and oxygen atoms in total. The fraction of sp³-hybridized carbons (Fsp3) is 0.857. The van der Waals surface area contributed by atoms with Gasteiger partial charge in [0.2, 0.25) is 11.8 Å². The van der Waals surface area contributed by atoms with Crippen molar-refractivity contribution in [2.24, 2.45) is 11.8 Å². The molecule has 0 aromatic heterocycles. The van der Waals surface area contributed by atoms with Gasteiger partial charge in [-0.2, -0.15) is 0 Å². The molecule has 0 saturated carbocycles. The second kappa shape index (κ2) is 8.27. The third kappa shape index (κ3) is 4.91. The van der Waals surface area contributed by atoms with Gasteiger partial charge >= 0.3 is 0 Å². The van der Waals surface area contributed by atoms with Gasteiger partial charge in [-0.15, -0.1) is 0 Å². The lowest BCUT2D eigenvalue weighted by molar-refractivity contribution is -0.140. The first-order valence-corrected chi connectivity index (χ1v) is 7.07. The third-order valence-corrected chi connectivity index (χ3v) is 3.26. The van der Waals surface area contributed by atoms with Crippen LogP contribution in [0.5, 0.6) is 0 Å². The maximum Gasteiger partial charge on any atom is 0.233 e. The van der Waals surface area contributed by atoms with Crippen LogP contribution in [-0.4, -0.2) is 49.7 Å². The molecule has 0 spiro atoms. The van der Waals surface area contributed by atoms with Crippen LogP contribution in [0.3, 0.4) is 0 Å². The number of hydrogen-bond donors (Lipinski definition) is 0. The van der Waals surface area contributed by atoms with Gasteiger partial charge in [-0.05, 0) is 12.3 Å². The highest BCUT2D eigenvalue weighted by molar-refractivity contribution is 6.03. The van der Waals surface area contributed by atoms with Crippen LogP contribution in [-0.2, 0) is 19.1 Å². The van der Waals surface area contributed by atoms with E-state index in [9.17, 15) is 9.59 Å². The minimum absolute atomic E-state index is 0.0502. The minimum atomic E-state index is -0.152. The van der Waals surface area contributed by atoms with E-state index in [1.54, 1.807) is 0 Å². The fourth-order valence-electron chi connectivity index (χ4n) is 2.09. The van der Waals surface area contributed by atoms with Gasteiger partial charge in [0, 0.05) is 18.9 Å². The molecule has 19 heavy (non-hydrogen) atoms. The van der Waals surface area contributed by atoms with Gasteiger partial charge in [-0.1, -0.05) is 20.8 Å². The van der Waals surface area contributed by atoms with Crippen LogP contribution in [0.15, 0.2) is 0 Å². The van der Waals surface area contributed by atoms with E-state index in [-0.39, 0.29) is 23.7 Å². The summed E-state index contributed by atoms with van der Waals surface area (Å²) in [7, 11) is 0. The van der Waals surface area contributed by atoms with Gasteiger partial charge in [0.05, 0.1) is 26.4 Å². The van der Waals surface area contributed by atoms with Crippen molar-refractivity contribution < 1.29 is 19.1 Å². The molecular formula is C14H25NO4.